The zero-order valence-electron chi connectivity index (χ0n) is 7.74. The van der Waals surface area contributed by atoms with E-state index < -0.39 is 11.7 Å². The van der Waals surface area contributed by atoms with Crippen LogP contribution in [0.3, 0.4) is 0 Å². The van der Waals surface area contributed by atoms with Crippen molar-refractivity contribution in [2.75, 3.05) is 0 Å². The van der Waals surface area contributed by atoms with E-state index in [1.807, 2.05) is 0 Å². The minimum absolute atomic E-state index is 0.131. The van der Waals surface area contributed by atoms with Crippen molar-refractivity contribution >= 4 is 5.69 Å². The lowest BCUT2D eigenvalue weighted by atomic mass is 10.0. The second-order valence-corrected chi connectivity index (χ2v) is 3.01. The van der Waals surface area contributed by atoms with E-state index in [1.54, 1.807) is 6.92 Å². The molecule has 4 heteroatoms. The third-order valence-electron chi connectivity index (χ3n) is 2.12. The predicted molar refractivity (Wildman–Crippen MR) is 47.2 cm³/mol. The molecule has 1 aromatic carbocycles. The molecule has 1 nitrogen and oxygen atoms in total. The summed E-state index contributed by atoms with van der Waals surface area (Å²) in [6.07, 6.45) is -4.45. The van der Waals surface area contributed by atoms with Crippen molar-refractivity contribution in [2.45, 2.75) is 20.0 Å². The second-order valence-electron chi connectivity index (χ2n) is 3.01. The highest BCUT2D eigenvalue weighted by Gasteiger charge is 2.35. The summed E-state index contributed by atoms with van der Waals surface area (Å²) in [6, 6.07) is 2.73. The molecule has 0 saturated heterocycles. The fraction of sp³-hybridized carbons (Fsp3) is 0.300. The summed E-state index contributed by atoms with van der Waals surface area (Å²) in [6.45, 7) is 9.63. The molecular formula is C10H8F3N. The summed E-state index contributed by atoms with van der Waals surface area (Å²) in [7, 11) is 0. The highest BCUT2D eigenvalue weighted by Crippen LogP contribution is 2.39. The number of benzene rings is 1. The minimum Gasteiger partial charge on any atom is -0.238 e. The summed E-state index contributed by atoms with van der Waals surface area (Å²) < 4.78 is 37.6. The molecule has 0 fully saturated rings. The van der Waals surface area contributed by atoms with Gasteiger partial charge in [-0.1, -0.05) is 17.7 Å². The molecule has 0 heterocycles. The third-order valence-corrected chi connectivity index (χ3v) is 2.12. The average molecular weight is 199 g/mol. The highest BCUT2D eigenvalue weighted by atomic mass is 19.4. The van der Waals surface area contributed by atoms with E-state index in [9.17, 15) is 13.2 Å². The Morgan fingerprint density at radius 1 is 1.21 bits per heavy atom. The quantitative estimate of drug-likeness (QED) is 0.558. The Morgan fingerprint density at radius 2 is 1.79 bits per heavy atom. The van der Waals surface area contributed by atoms with Gasteiger partial charge in [-0.3, -0.25) is 0 Å². The van der Waals surface area contributed by atoms with Crippen LogP contribution in [0.4, 0.5) is 18.9 Å². The maximum Gasteiger partial charge on any atom is 0.407 e. The molecule has 0 saturated carbocycles. The van der Waals surface area contributed by atoms with Crippen LogP contribution in [-0.2, 0) is 6.18 Å². The van der Waals surface area contributed by atoms with Gasteiger partial charge in [0.1, 0.15) is 0 Å². The van der Waals surface area contributed by atoms with E-state index in [0.29, 0.717) is 5.56 Å². The topological polar surface area (TPSA) is 4.36 Å². The summed E-state index contributed by atoms with van der Waals surface area (Å²) in [5, 5.41) is 0. The van der Waals surface area contributed by atoms with Crippen LogP contribution >= 0.6 is 0 Å². The Kier molecular flexibility index (Phi) is 2.52. The fourth-order valence-electron chi connectivity index (χ4n) is 1.25. The number of nitrogens with zero attached hydrogens (tertiary/aromatic N) is 1. The van der Waals surface area contributed by atoms with Crippen LogP contribution in [0.25, 0.3) is 4.85 Å². The van der Waals surface area contributed by atoms with Gasteiger partial charge in [0.05, 0.1) is 12.1 Å². The molecule has 0 amide bonds. The fourth-order valence-corrected chi connectivity index (χ4v) is 1.25. The Labute approximate surface area is 80.0 Å². The number of aryl methyl sites for hydroxylation is 1. The highest BCUT2D eigenvalue weighted by molar-refractivity contribution is 5.58. The Bertz CT molecular complexity index is 399. The monoisotopic (exact) mass is 199 g/mol. The molecule has 0 aliphatic rings. The van der Waals surface area contributed by atoms with Crippen LogP contribution in [0.1, 0.15) is 16.7 Å². The number of alkyl halides is 3. The first-order valence-corrected chi connectivity index (χ1v) is 3.92. The van der Waals surface area contributed by atoms with E-state index in [2.05, 4.69) is 4.85 Å². The molecular weight excluding hydrogens is 191 g/mol. The Hall–Kier alpha value is -1.50. The zero-order valence-corrected chi connectivity index (χ0v) is 7.74. The standard InChI is InChI=1S/C10H8F3N/c1-6-4-5-8(14-3)9(7(6)2)10(11,12)13/h4-5H,1-2H3. The lowest BCUT2D eigenvalue weighted by Crippen LogP contribution is -2.08. The van der Waals surface area contributed by atoms with Gasteiger partial charge in [0, 0.05) is 0 Å². The molecule has 0 spiro atoms. The van der Waals surface area contributed by atoms with Crippen molar-refractivity contribution in [1.82, 2.24) is 0 Å². The number of halogens is 3. The molecule has 14 heavy (non-hydrogen) atoms. The van der Waals surface area contributed by atoms with Crippen LogP contribution < -0.4 is 0 Å². The van der Waals surface area contributed by atoms with Crippen molar-refractivity contribution in [3.63, 3.8) is 0 Å². The Balaban J connectivity index is 3.54. The molecule has 0 atom stereocenters. The molecule has 0 bridgehead atoms. The molecule has 1 aromatic rings. The normalized spacial score (nSPS) is 11.1. The summed E-state index contributed by atoms with van der Waals surface area (Å²) >= 11 is 0. The molecule has 0 aromatic heterocycles. The van der Waals surface area contributed by atoms with Gasteiger partial charge < -0.3 is 0 Å². The van der Waals surface area contributed by atoms with E-state index in [1.165, 1.54) is 19.1 Å². The average Bonchev–Trinajstić information content (AvgIpc) is 2.07. The van der Waals surface area contributed by atoms with Gasteiger partial charge >= 0.3 is 6.18 Å². The van der Waals surface area contributed by atoms with E-state index >= 15 is 0 Å². The summed E-state index contributed by atoms with van der Waals surface area (Å²) in [4.78, 5) is 2.87. The van der Waals surface area contributed by atoms with Gasteiger partial charge in [-0.2, -0.15) is 13.2 Å². The number of hydrogen-bond donors (Lipinski definition) is 0. The lowest BCUT2D eigenvalue weighted by molar-refractivity contribution is -0.137. The van der Waals surface area contributed by atoms with Crippen LogP contribution in [0, 0.1) is 20.4 Å². The van der Waals surface area contributed by atoms with Gasteiger partial charge in [0.15, 0.2) is 5.69 Å². The van der Waals surface area contributed by atoms with Crippen molar-refractivity contribution in [3.8, 4) is 0 Å². The SMILES string of the molecule is [C-]#[N+]c1ccc(C)c(C)c1C(F)(F)F. The smallest absolute Gasteiger partial charge is 0.238 e. The zero-order chi connectivity index (χ0) is 10.9. The number of rotatable bonds is 0. The van der Waals surface area contributed by atoms with Gasteiger partial charge in [-0.05, 0) is 19.4 Å². The van der Waals surface area contributed by atoms with E-state index in [-0.39, 0.29) is 11.3 Å². The minimum atomic E-state index is -4.45. The van der Waals surface area contributed by atoms with Crippen molar-refractivity contribution in [2.24, 2.45) is 0 Å². The maximum atomic E-state index is 12.5. The second kappa shape index (κ2) is 3.33. The molecule has 74 valence electrons. The lowest BCUT2D eigenvalue weighted by Gasteiger charge is -2.13. The molecule has 1 rings (SSSR count). The third kappa shape index (κ3) is 1.72. The van der Waals surface area contributed by atoms with Gasteiger partial charge in [0.2, 0.25) is 0 Å². The van der Waals surface area contributed by atoms with Gasteiger partial charge in [-0.25, -0.2) is 4.85 Å². The Morgan fingerprint density at radius 3 is 2.21 bits per heavy atom. The molecule has 0 aliphatic carbocycles. The van der Waals surface area contributed by atoms with Crippen molar-refractivity contribution < 1.29 is 13.2 Å². The van der Waals surface area contributed by atoms with Gasteiger partial charge in [0.25, 0.3) is 0 Å². The van der Waals surface area contributed by atoms with E-state index in [4.69, 9.17) is 6.57 Å². The van der Waals surface area contributed by atoms with Crippen molar-refractivity contribution in [3.05, 3.63) is 40.2 Å². The van der Waals surface area contributed by atoms with Crippen LogP contribution in [0.15, 0.2) is 12.1 Å². The summed E-state index contributed by atoms with van der Waals surface area (Å²) in [5.74, 6) is 0. The van der Waals surface area contributed by atoms with Gasteiger partial charge in [-0.15, -0.1) is 0 Å². The number of hydrogen-bond acceptors (Lipinski definition) is 0. The van der Waals surface area contributed by atoms with Crippen molar-refractivity contribution in [1.29, 1.82) is 0 Å². The first kappa shape index (κ1) is 10.6. The largest absolute Gasteiger partial charge is 0.407 e. The van der Waals surface area contributed by atoms with E-state index in [0.717, 1.165) is 0 Å². The summed E-state index contributed by atoms with van der Waals surface area (Å²) in [5.41, 5.74) is -0.469. The predicted octanol–water partition coefficient (Wildman–Crippen LogP) is 3.87. The molecule has 0 aliphatic heterocycles. The first-order valence-electron chi connectivity index (χ1n) is 3.92. The molecule has 0 radical (unpaired) electrons. The van der Waals surface area contributed by atoms with Crippen LogP contribution in [0.5, 0.6) is 0 Å². The van der Waals surface area contributed by atoms with Crippen LogP contribution in [-0.4, -0.2) is 0 Å². The van der Waals surface area contributed by atoms with Crippen LogP contribution in [0.2, 0.25) is 0 Å². The first-order chi connectivity index (χ1) is 6.38. The maximum absolute atomic E-state index is 12.5. The molecule has 0 N–H and O–H groups in total. The molecule has 0 unspecified atom stereocenters.